The minimum atomic E-state index is 0.240. The second-order valence-electron chi connectivity index (χ2n) is 5.14. The summed E-state index contributed by atoms with van der Waals surface area (Å²) in [4.78, 5) is 12.1. The predicted octanol–water partition coefficient (Wildman–Crippen LogP) is 3.67. The number of carbonyl (C=O) groups is 1. The SMILES string of the molecule is O=C(Nc1cccc(I)c1)C1C2CCCCC21. The van der Waals surface area contributed by atoms with Gasteiger partial charge in [-0.25, -0.2) is 0 Å². The number of rotatable bonds is 2. The molecule has 0 aromatic heterocycles. The number of anilines is 1. The van der Waals surface area contributed by atoms with Crippen LogP contribution in [-0.2, 0) is 4.79 Å². The number of amides is 1. The summed E-state index contributed by atoms with van der Waals surface area (Å²) in [6.07, 6.45) is 5.15. The topological polar surface area (TPSA) is 29.1 Å². The van der Waals surface area contributed by atoms with Crippen molar-refractivity contribution in [2.24, 2.45) is 17.8 Å². The third-order valence-electron chi connectivity index (χ3n) is 4.05. The predicted molar refractivity (Wildman–Crippen MR) is 76.7 cm³/mol. The van der Waals surface area contributed by atoms with Gasteiger partial charge in [0.25, 0.3) is 0 Å². The number of nitrogens with one attached hydrogen (secondary N) is 1. The molecule has 0 aliphatic heterocycles. The van der Waals surface area contributed by atoms with Crippen molar-refractivity contribution < 1.29 is 4.79 Å². The average Bonchev–Trinajstić information content (AvgIpc) is 3.03. The van der Waals surface area contributed by atoms with Gasteiger partial charge in [0.2, 0.25) is 5.91 Å². The van der Waals surface area contributed by atoms with E-state index in [1.165, 1.54) is 25.7 Å². The summed E-state index contributed by atoms with van der Waals surface area (Å²) < 4.78 is 1.16. The Morgan fingerprint density at radius 1 is 1.24 bits per heavy atom. The molecular weight excluding hydrogens is 325 g/mol. The van der Waals surface area contributed by atoms with E-state index in [0.29, 0.717) is 17.8 Å². The molecule has 3 heteroatoms. The van der Waals surface area contributed by atoms with Crippen molar-refractivity contribution in [3.8, 4) is 0 Å². The van der Waals surface area contributed by atoms with Crippen LogP contribution in [0.1, 0.15) is 25.7 Å². The van der Waals surface area contributed by atoms with Crippen LogP contribution in [0.15, 0.2) is 24.3 Å². The highest BCUT2D eigenvalue weighted by Crippen LogP contribution is 2.55. The number of halogens is 1. The summed E-state index contributed by atoms with van der Waals surface area (Å²) >= 11 is 2.27. The molecule has 2 nitrogen and oxygen atoms in total. The van der Waals surface area contributed by atoms with Gasteiger partial charge in [-0.15, -0.1) is 0 Å². The first-order valence-electron chi connectivity index (χ1n) is 6.32. The third-order valence-corrected chi connectivity index (χ3v) is 4.72. The van der Waals surface area contributed by atoms with Crippen LogP contribution in [0.2, 0.25) is 0 Å². The fourth-order valence-corrected chi connectivity index (χ4v) is 3.72. The molecular formula is C14H16INO. The quantitative estimate of drug-likeness (QED) is 0.818. The number of hydrogen-bond acceptors (Lipinski definition) is 1. The summed E-state index contributed by atoms with van der Waals surface area (Å²) in [6, 6.07) is 8.00. The maximum absolute atomic E-state index is 12.1. The molecule has 0 saturated heterocycles. The van der Waals surface area contributed by atoms with Crippen LogP contribution in [0.3, 0.4) is 0 Å². The summed E-state index contributed by atoms with van der Waals surface area (Å²) in [7, 11) is 0. The Bertz CT molecular complexity index is 434. The van der Waals surface area contributed by atoms with Crippen molar-refractivity contribution in [3.63, 3.8) is 0 Å². The highest BCUT2D eigenvalue weighted by atomic mass is 127. The van der Waals surface area contributed by atoms with Gasteiger partial charge in [-0.1, -0.05) is 18.9 Å². The van der Waals surface area contributed by atoms with Crippen LogP contribution in [0.4, 0.5) is 5.69 Å². The molecule has 2 aliphatic carbocycles. The number of fused-ring (bicyclic) bond motifs is 1. The molecule has 0 heterocycles. The van der Waals surface area contributed by atoms with Crippen molar-refractivity contribution in [1.82, 2.24) is 0 Å². The van der Waals surface area contributed by atoms with Crippen LogP contribution >= 0.6 is 22.6 Å². The Morgan fingerprint density at radius 2 is 1.94 bits per heavy atom. The van der Waals surface area contributed by atoms with Crippen LogP contribution in [-0.4, -0.2) is 5.91 Å². The van der Waals surface area contributed by atoms with E-state index in [1.54, 1.807) is 0 Å². The van der Waals surface area contributed by atoms with E-state index in [9.17, 15) is 4.79 Å². The summed E-state index contributed by atoms with van der Waals surface area (Å²) in [6.45, 7) is 0. The molecule has 0 radical (unpaired) electrons. The molecule has 2 aliphatic rings. The highest BCUT2D eigenvalue weighted by molar-refractivity contribution is 14.1. The third kappa shape index (κ3) is 2.34. The lowest BCUT2D eigenvalue weighted by Gasteiger charge is -2.04. The smallest absolute Gasteiger partial charge is 0.228 e. The number of carbonyl (C=O) groups excluding carboxylic acids is 1. The van der Waals surface area contributed by atoms with Gasteiger partial charge >= 0.3 is 0 Å². The van der Waals surface area contributed by atoms with E-state index < -0.39 is 0 Å². The number of benzene rings is 1. The Hall–Kier alpha value is -0.580. The van der Waals surface area contributed by atoms with E-state index >= 15 is 0 Å². The van der Waals surface area contributed by atoms with Crippen LogP contribution < -0.4 is 5.32 Å². The van der Waals surface area contributed by atoms with Crippen molar-refractivity contribution in [3.05, 3.63) is 27.8 Å². The minimum absolute atomic E-state index is 0.240. The second-order valence-corrected chi connectivity index (χ2v) is 6.38. The van der Waals surface area contributed by atoms with Crippen LogP contribution in [0, 0.1) is 21.3 Å². The lowest BCUT2D eigenvalue weighted by molar-refractivity contribution is -0.117. The summed E-state index contributed by atoms with van der Waals surface area (Å²) in [5.41, 5.74) is 0.936. The van der Waals surface area contributed by atoms with E-state index in [1.807, 2.05) is 24.3 Å². The molecule has 1 aromatic rings. The largest absolute Gasteiger partial charge is 0.326 e. The van der Waals surface area contributed by atoms with Gasteiger partial charge in [0.1, 0.15) is 0 Å². The molecule has 1 amide bonds. The lowest BCUT2D eigenvalue weighted by Crippen LogP contribution is -2.15. The van der Waals surface area contributed by atoms with Gasteiger partial charge in [0, 0.05) is 15.2 Å². The molecule has 2 fully saturated rings. The van der Waals surface area contributed by atoms with E-state index in [2.05, 4.69) is 27.9 Å². The van der Waals surface area contributed by atoms with Gasteiger partial charge in [-0.05, 0) is 65.5 Å². The maximum atomic E-state index is 12.1. The van der Waals surface area contributed by atoms with Gasteiger partial charge < -0.3 is 5.32 Å². The Labute approximate surface area is 115 Å². The molecule has 1 aromatic carbocycles. The zero-order valence-electron chi connectivity index (χ0n) is 9.66. The van der Waals surface area contributed by atoms with Gasteiger partial charge in [-0.3, -0.25) is 4.79 Å². The van der Waals surface area contributed by atoms with Gasteiger partial charge in [0.15, 0.2) is 0 Å². The van der Waals surface area contributed by atoms with Crippen molar-refractivity contribution >= 4 is 34.2 Å². The van der Waals surface area contributed by atoms with Crippen molar-refractivity contribution in [1.29, 1.82) is 0 Å². The zero-order valence-corrected chi connectivity index (χ0v) is 11.8. The van der Waals surface area contributed by atoms with E-state index in [-0.39, 0.29) is 5.91 Å². The summed E-state index contributed by atoms with van der Waals surface area (Å²) in [5, 5.41) is 3.06. The number of hydrogen-bond donors (Lipinski definition) is 1. The molecule has 2 saturated carbocycles. The molecule has 2 atom stereocenters. The van der Waals surface area contributed by atoms with E-state index in [0.717, 1.165) is 9.26 Å². The standard InChI is InChI=1S/C14H16INO/c15-9-4-3-5-10(8-9)16-14(17)13-11-6-1-2-7-12(11)13/h3-5,8,11-13H,1-2,6-7H2,(H,16,17). The summed E-state index contributed by atoms with van der Waals surface area (Å²) in [5.74, 6) is 1.91. The minimum Gasteiger partial charge on any atom is -0.326 e. The zero-order chi connectivity index (χ0) is 11.8. The van der Waals surface area contributed by atoms with Crippen LogP contribution in [0.25, 0.3) is 0 Å². The second kappa shape index (κ2) is 4.59. The first-order valence-corrected chi connectivity index (χ1v) is 7.40. The molecule has 17 heavy (non-hydrogen) atoms. The highest BCUT2D eigenvalue weighted by Gasteiger charge is 2.54. The monoisotopic (exact) mass is 341 g/mol. The average molecular weight is 341 g/mol. The molecule has 90 valence electrons. The van der Waals surface area contributed by atoms with E-state index in [4.69, 9.17) is 0 Å². The Balaban J connectivity index is 1.64. The molecule has 0 bridgehead atoms. The molecule has 1 N–H and O–H groups in total. The Kier molecular flexibility index (Phi) is 3.11. The first-order chi connectivity index (χ1) is 8.25. The lowest BCUT2D eigenvalue weighted by atomic mass is 10.0. The van der Waals surface area contributed by atoms with Gasteiger partial charge in [-0.2, -0.15) is 0 Å². The van der Waals surface area contributed by atoms with Crippen molar-refractivity contribution in [2.75, 3.05) is 5.32 Å². The van der Waals surface area contributed by atoms with Crippen LogP contribution in [0.5, 0.6) is 0 Å². The fourth-order valence-electron chi connectivity index (χ4n) is 3.17. The normalized spacial score (nSPS) is 30.5. The fraction of sp³-hybridized carbons (Fsp3) is 0.500. The maximum Gasteiger partial charge on any atom is 0.228 e. The molecule has 0 spiro atoms. The van der Waals surface area contributed by atoms with Gasteiger partial charge in [0.05, 0.1) is 0 Å². The van der Waals surface area contributed by atoms with Crippen molar-refractivity contribution in [2.45, 2.75) is 25.7 Å². The Morgan fingerprint density at radius 3 is 2.59 bits per heavy atom. The molecule has 3 rings (SSSR count). The molecule has 2 unspecified atom stereocenters. The first kappa shape index (κ1) is 11.5.